The van der Waals surface area contributed by atoms with Gasteiger partial charge in [-0.05, 0) is 252 Å². The molecule has 0 unspecified atom stereocenters. The number of hydrogen-bond donors (Lipinski definition) is 9. The fourth-order valence-electron chi connectivity index (χ4n) is 13.2. The first kappa shape index (κ1) is 111. The molecular weight excluding hydrogens is 1950 g/mol. The van der Waals surface area contributed by atoms with Crippen molar-refractivity contribution in [3.63, 3.8) is 0 Å². The maximum absolute atomic E-state index is 12.7. The number of hydrogen-bond acceptors (Lipinski definition) is 15. The summed E-state index contributed by atoms with van der Waals surface area (Å²) in [6.45, 7) is 5.49. The number of anilines is 1. The third-order valence-electron chi connectivity index (χ3n) is 20.7. The highest BCUT2D eigenvalue weighted by Gasteiger charge is 2.33. The number of halogens is 9. The Kier molecular flexibility index (Phi) is 44.7. The van der Waals surface area contributed by atoms with E-state index in [1.165, 1.54) is 63.6 Å². The Balaban J connectivity index is 0.000000158. The molecule has 0 aliphatic carbocycles. The zero-order chi connectivity index (χ0) is 103. The Morgan fingerprint density at radius 2 is 0.696 bits per heavy atom. The monoisotopic (exact) mass is 2050 g/mol. The number of alkyl halides is 6. The molecule has 0 radical (unpaired) electrons. The van der Waals surface area contributed by atoms with Crippen molar-refractivity contribution >= 4 is 161 Å². The molecule has 24 nitrogen and oxygen atoms in total. The topological polar surface area (TPSA) is 308 Å². The molecule has 0 saturated carbocycles. The van der Waals surface area contributed by atoms with Crippen LogP contribution in [0.3, 0.4) is 0 Å². The van der Waals surface area contributed by atoms with E-state index in [0.717, 1.165) is 109 Å². The summed E-state index contributed by atoms with van der Waals surface area (Å²) in [5, 5.41) is 63.9. The molecule has 0 bridgehead atoms. The van der Waals surface area contributed by atoms with Gasteiger partial charge in [0.2, 0.25) is 6.79 Å². The van der Waals surface area contributed by atoms with Crippen LogP contribution in [0.1, 0.15) is 146 Å². The average Bonchev–Trinajstić information content (AvgIpc) is 1.66. The SMILES string of the molecule is C.C(=C\c1cccc2c1OCO2)/c1ccn[nH]1.C(=C\c1ccn[nH]1)/c1ccc2ccccc2c1.C(=C\c1ccn[nH]1)/c1ccccc1.CCOC(OCC)c1ccc(/C=C/c2ccn[nH]2)cc1.CN(C)c1ccc(/C=C/c2ccn[nH]2)cc1.COc1ccc(/C=C/c2ccn[nH]2)cc1.Clc1cccc(Cl)c1/C=C/c1ccn[nH]1.FC(F)(F)c1ccc(/C=C/c2ccn[nH]2)c(Cl)c1.FC(F)(F)c1ccccc1/C=C/c1ccn[nH]1. The summed E-state index contributed by atoms with van der Waals surface area (Å²) in [5.41, 5.74) is 17.4. The molecule has 33 heteroatoms. The summed E-state index contributed by atoms with van der Waals surface area (Å²) in [4.78, 5) is 2.09. The first-order chi connectivity index (χ1) is 71.6. The van der Waals surface area contributed by atoms with Crippen LogP contribution >= 0.6 is 34.8 Å². The van der Waals surface area contributed by atoms with E-state index >= 15 is 0 Å². The second kappa shape index (κ2) is 59.6. The number of ether oxygens (including phenoxy) is 5. The van der Waals surface area contributed by atoms with Crippen LogP contribution in [0.4, 0.5) is 32.0 Å². The Bertz CT molecular complexity index is 7240. The molecule has 0 atom stereocenters. The second-order valence-corrected chi connectivity index (χ2v) is 32.6. The minimum absolute atomic E-state index is 0. The fourth-order valence-corrected chi connectivity index (χ4v) is 13.9. The van der Waals surface area contributed by atoms with Crippen molar-refractivity contribution in [3.8, 4) is 17.2 Å². The number of nitrogens with zero attached hydrogens (tertiary/aromatic N) is 10. The molecule has 10 aromatic carbocycles. The number of fused-ring (bicyclic) bond motifs is 2. The molecule has 20 rings (SSSR count). The molecule has 9 N–H and O–H groups in total. The number of aromatic amines is 9. The zero-order valence-corrected chi connectivity index (χ0v) is 82.5. The van der Waals surface area contributed by atoms with Crippen LogP contribution < -0.4 is 19.1 Å². The molecule has 10 heterocycles. The Morgan fingerprint density at radius 3 is 1.11 bits per heavy atom. The number of para-hydroxylation sites is 1. The van der Waals surface area contributed by atoms with Crippen LogP contribution in [0.15, 0.2) is 335 Å². The summed E-state index contributed by atoms with van der Waals surface area (Å²) in [7, 11) is 5.74. The molecule has 148 heavy (non-hydrogen) atoms. The van der Waals surface area contributed by atoms with E-state index in [0.29, 0.717) is 41.3 Å². The summed E-state index contributed by atoms with van der Waals surface area (Å²) in [6.07, 6.45) is 40.4. The second-order valence-electron chi connectivity index (χ2n) is 31.3. The smallest absolute Gasteiger partial charge is 0.416 e. The third-order valence-corrected chi connectivity index (χ3v) is 21.7. The largest absolute Gasteiger partial charge is 0.497 e. The van der Waals surface area contributed by atoms with Crippen LogP contribution in [0.25, 0.3) is 120 Å². The Labute approximate surface area is 868 Å². The van der Waals surface area contributed by atoms with Gasteiger partial charge >= 0.3 is 12.4 Å². The van der Waals surface area contributed by atoms with Gasteiger partial charge in [-0.3, -0.25) is 45.9 Å². The summed E-state index contributed by atoms with van der Waals surface area (Å²) in [6, 6.07) is 86.2. The summed E-state index contributed by atoms with van der Waals surface area (Å²) < 4.78 is 102. The normalized spacial score (nSPS) is 11.5. The first-order valence-electron chi connectivity index (χ1n) is 45.8. The number of rotatable bonds is 25. The Morgan fingerprint density at radius 1 is 0.331 bits per heavy atom. The molecule has 19 aromatic rings. The van der Waals surface area contributed by atoms with Crippen LogP contribution in [0, 0.1) is 0 Å². The lowest BCUT2D eigenvalue weighted by molar-refractivity contribution is -0.140. The van der Waals surface area contributed by atoms with Crippen LogP contribution in [-0.4, -0.2) is 133 Å². The average molecular weight is 2060 g/mol. The van der Waals surface area contributed by atoms with E-state index in [2.05, 4.69) is 188 Å². The molecule has 0 saturated heterocycles. The maximum atomic E-state index is 12.7. The molecule has 9 aromatic heterocycles. The number of nitrogens with one attached hydrogen (secondary N) is 9. The van der Waals surface area contributed by atoms with E-state index in [9.17, 15) is 26.3 Å². The number of aromatic nitrogens is 18. The van der Waals surface area contributed by atoms with Gasteiger partial charge in [0, 0.05) is 121 Å². The van der Waals surface area contributed by atoms with Gasteiger partial charge in [0.15, 0.2) is 17.8 Å². The molecule has 1 aliphatic heterocycles. The van der Waals surface area contributed by atoms with Gasteiger partial charge < -0.3 is 28.6 Å². The molecule has 0 fully saturated rings. The molecule has 0 amide bonds. The molecule has 0 spiro atoms. The number of H-pyrrole nitrogens is 9. The van der Waals surface area contributed by atoms with Gasteiger partial charge in [0.05, 0.1) is 69.5 Å². The van der Waals surface area contributed by atoms with Gasteiger partial charge in [-0.2, -0.15) is 72.2 Å². The lowest BCUT2D eigenvalue weighted by atomic mass is 10.1. The van der Waals surface area contributed by atoms with Crippen molar-refractivity contribution in [3.05, 3.63) is 468 Å². The van der Waals surface area contributed by atoms with E-state index in [4.69, 9.17) is 58.5 Å². The van der Waals surface area contributed by atoms with E-state index in [-0.39, 0.29) is 24.3 Å². The van der Waals surface area contributed by atoms with Crippen molar-refractivity contribution in [2.24, 2.45) is 0 Å². The standard InChI is InChI=1S/C16H20N2O2.C15H12N2.C13H15N3.C12H8ClF3N2.C12H9F3N2.C12H10N2O2.C12H12N2O.C11H8Cl2N2.C11H10N2.CH4/c1-3-19-16(20-4-2)14-8-5-13(6-9-14)7-10-15-11-12-17-18-15;1-2-4-14-11-12(5-7-13(14)3-1)6-8-15-9-10-16-17-15;1-16(2)13-7-4-11(5-8-13)3-6-12-9-10-14-15-12;13-11-7-9(12(14,15)16)3-1-8(11)2-4-10-5-6-17-18-10;13-12(14,15)11-4-2-1-3-9(11)5-6-10-7-8-16-17-10;1-2-9(4-5-10-6-7-13-14-10)12-11(3-1)15-8-16-12;1-15-12-6-3-10(4-7-12)2-5-11-8-9-13-14-11;12-10-2-1-3-11(13)9(10)5-4-8-6-7-14-15-8;1-2-4-10(5-3-1)6-7-11-8-9-12-13-11;/h5-12,16H,3-4H2,1-2H3,(H,17,18);1-11H,(H,16,17);3-10H,1-2H3,(H,14,15);1-7H,(H,17,18);1-8H,(H,16,17);1-7H,8H2,(H,13,14);2-9H,1H3,(H,13,14);1-7H,(H,14,15);1-9H,(H,12,13);1H4/b10-7+;8-6+;6-3+;4-2+;6-5+;5-4+;5-2+;5-4+;7-6+;. The highest BCUT2D eigenvalue weighted by atomic mass is 35.5. The number of benzene rings is 10. The van der Waals surface area contributed by atoms with E-state index < -0.39 is 23.5 Å². The Hall–Kier alpha value is -17.4. The maximum Gasteiger partial charge on any atom is 0.416 e. The van der Waals surface area contributed by atoms with Gasteiger partial charge in [-0.1, -0.05) is 242 Å². The lowest BCUT2D eigenvalue weighted by Crippen LogP contribution is -2.08. The van der Waals surface area contributed by atoms with E-state index in [1.54, 1.807) is 105 Å². The van der Waals surface area contributed by atoms with Crippen LogP contribution in [0.5, 0.6) is 17.2 Å². The summed E-state index contributed by atoms with van der Waals surface area (Å²) in [5.74, 6) is 2.47. The zero-order valence-electron chi connectivity index (χ0n) is 80.3. The van der Waals surface area contributed by atoms with Crippen molar-refractivity contribution in [2.45, 2.75) is 39.9 Å². The minimum Gasteiger partial charge on any atom is -0.497 e. The first-order valence-corrected chi connectivity index (χ1v) is 46.9. The molecule has 1 aliphatic rings. The lowest BCUT2D eigenvalue weighted by Gasteiger charge is -2.17. The number of methoxy groups -OCH3 is 1. The van der Waals surface area contributed by atoms with Crippen molar-refractivity contribution in [1.29, 1.82) is 0 Å². The van der Waals surface area contributed by atoms with Crippen molar-refractivity contribution < 1.29 is 50.0 Å². The van der Waals surface area contributed by atoms with Gasteiger partial charge in [-0.25, -0.2) is 0 Å². The van der Waals surface area contributed by atoms with Gasteiger partial charge in [0.1, 0.15) is 5.75 Å². The fraction of sp³-hybridized carbons (Fsp3) is 0.104. The predicted molar refractivity (Wildman–Crippen MR) is 588 cm³/mol. The van der Waals surface area contributed by atoms with Gasteiger partial charge in [0.25, 0.3) is 0 Å². The quantitative estimate of drug-likeness (QED) is 0.0190. The van der Waals surface area contributed by atoms with Crippen molar-refractivity contribution in [1.82, 2.24) is 91.8 Å². The molecular formula is C115H108Cl3F6N19O5. The van der Waals surface area contributed by atoms with Crippen molar-refractivity contribution in [2.75, 3.05) is 46.1 Å². The molecule has 756 valence electrons. The summed E-state index contributed by atoms with van der Waals surface area (Å²) >= 11 is 17.8. The van der Waals surface area contributed by atoms with Crippen LogP contribution in [0.2, 0.25) is 15.1 Å². The highest BCUT2D eigenvalue weighted by molar-refractivity contribution is 6.37. The third kappa shape index (κ3) is 38.0. The highest BCUT2D eigenvalue weighted by Crippen LogP contribution is 2.38. The van der Waals surface area contributed by atoms with E-state index in [1.807, 2.05) is 234 Å². The van der Waals surface area contributed by atoms with Gasteiger partial charge in [-0.15, -0.1) is 0 Å². The van der Waals surface area contributed by atoms with Crippen LogP contribution in [-0.2, 0) is 21.8 Å². The minimum atomic E-state index is -4.38. The predicted octanol–water partition coefficient (Wildman–Crippen LogP) is 29.9.